The molecule has 2 bridgehead atoms. The van der Waals surface area contributed by atoms with Gasteiger partial charge in [0.15, 0.2) is 5.69 Å². The van der Waals surface area contributed by atoms with E-state index in [0.29, 0.717) is 23.9 Å². The van der Waals surface area contributed by atoms with Crippen molar-refractivity contribution in [1.29, 1.82) is 0 Å². The number of hydrogen-bond acceptors (Lipinski definition) is 5. The van der Waals surface area contributed by atoms with Crippen LogP contribution in [0.15, 0.2) is 24.3 Å². The number of aromatic nitrogens is 2. The second-order valence-electron chi connectivity index (χ2n) is 9.75. The van der Waals surface area contributed by atoms with Crippen molar-refractivity contribution in [3.8, 4) is 0 Å². The molecule has 3 saturated heterocycles. The Hall–Kier alpha value is -2.58. The van der Waals surface area contributed by atoms with Gasteiger partial charge in [0.1, 0.15) is 11.2 Å². The summed E-state index contributed by atoms with van der Waals surface area (Å²) in [6.45, 7) is 8.57. The first-order valence-electron chi connectivity index (χ1n) is 11.4. The molecule has 0 aliphatic carbocycles. The molecule has 2 atom stereocenters. The van der Waals surface area contributed by atoms with Crippen molar-refractivity contribution in [3.63, 3.8) is 0 Å². The lowest BCUT2D eigenvalue weighted by atomic mass is 9.80. The summed E-state index contributed by atoms with van der Waals surface area (Å²) in [5.41, 5.74) is 1.42. The van der Waals surface area contributed by atoms with Crippen molar-refractivity contribution in [2.45, 2.75) is 70.6 Å². The van der Waals surface area contributed by atoms with Gasteiger partial charge < -0.3 is 14.8 Å². The number of aromatic amines is 1. The van der Waals surface area contributed by atoms with Crippen LogP contribution in [0.1, 0.15) is 68.7 Å². The van der Waals surface area contributed by atoms with Gasteiger partial charge in [-0.3, -0.25) is 14.8 Å². The minimum Gasteiger partial charge on any atom is -0.444 e. The number of amides is 2. The Labute approximate surface area is 199 Å². The number of H-pyrrole nitrogens is 1. The van der Waals surface area contributed by atoms with Gasteiger partial charge in [0, 0.05) is 5.69 Å². The molecule has 9 heteroatoms. The van der Waals surface area contributed by atoms with E-state index >= 15 is 0 Å². The molecule has 2 aromatic rings. The molecule has 3 aliphatic heterocycles. The van der Waals surface area contributed by atoms with Crippen LogP contribution in [0.4, 0.5) is 10.5 Å². The number of nitrogens with zero attached hydrogens (tertiary/aromatic N) is 2. The molecule has 2 amide bonds. The lowest BCUT2D eigenvalue weighted by Crippen LogP contribution is -2.62. The highest BCUT2D eigenvalue weighted by molar-refractivity contribution is 6.34. The quantitative estimate of drug-likeness (QED) is 0.642. The normalized spacial score (nSPS) is 22.3. The van der Waals surface area contributed by atoms with Crippen LogP contribution in [0.5, 0.6) is 0 Å². The van der Waals surface area contributed by atoms with Gasteiger partial charge in [0.25, 0.3) is 5.91 Å². The van der Waals surface area contributed by atoms with Crippen LogP contribution in [0.3, 0.4) is 0 Å². The number of halogens is 1. The molecule has 0 saturated carbocycles. The first-order valence-corrected chi connectivity index (χ1v) is 11.8. The zero-order valence-corrected chi connectivity index (χ0v) is 20.3. The number of benzene rings is 1. The lowest BCUT2D eigenvalue weighted by molar-refractivity contribution is -0.175. The van der Waals surface area contributed by atoms with Crippen LogP contribution in [0.25, 0.3) is 0 Å². The van der Waals surface area contributed by atoms with Gasteiger partial charge in [0.2, 0.25) is 0 Å². The largest absolute Gasteiger partial charge is 0.444 e. The van der Waals surface area contributed by atoms with E-state index in [1.807, 2.05) is 52.0 Å². The first kappa shape index (κ1) is 23.6. The number of carbonyl (C=O) groups is 2. The number of fused-ring (bicyclic) bond motifs is 3. The Balaban J connectivity index is 1.46. The standard InChI is InChI=1S/C24H31ClN4O4/c1-5-6-18-19(25)20(28-27-18)21(30)26-16-9-7-15(8-10-16)24-12-11-17(13-32-24)29(14-24)22(31)33-23(2,3)4/h7-10,17H,5-6,11-14H2,1-4H3,(H,26,30)(H,27,28). The molecule has 0 radical (unpaired) electrons. The highest BCUT2D eigenvalue weighted by atomic mass is 35.5. The summed E-state index contributed by atoms with van der Waals surface area (Å²) in [7, 11) is 0. The summed E-state index contributed by atoms with van der Waals surface area (Å²) in [6, 6.07) is 7.57. The summed E-state index contributed by atoms with van der Waals surface area (Å²) >= 11 is 6.30. The van der Waals surface area contributed by atoms with Gasteiger partial charge in [-0.05, 0) is 57.7 Å². The van der Waals surface area contributed by atoms with E-state index in [2.05, 4.69) is 15.5 Å². The Morgan fingerprint density at radius 2 is 2.06 bits per heavy atom. The minimum atomic E-state index is -0.575. The molecule has 1 aromatic heterocycles. The molecular formula is C24H31ClN4O4. The van der Waals surface area contributed by atoms with E-state index in [-0.39, 0.29) is 23.7 Å². The molecule has 1 aromatic carbocycles. The van der Waals surface area contributed by atoms with Gasteiger partial charge in [-0.1, -0.05) is 37.1 Å². The SMILES string of the molecule is CCCc1[nH]nc(C(=O)Nc2ccc(C34CCC(CO3)N(C(=O)OC(C)(C)C)C4)cc2)c1Cl. The van der Waals surface area contributed by atoms with Crippen LogP contribution in [0.2, 0.25) is 5.02 Å². The van der Waals surface area contributed by atoms with E-state index < -0.39 is 11.2 Å². The van der Waals surface area contributed by atoms with Gasteiger partial charge in [-0.15, -0.1) is 0 Å². The van der Waals surface area contributed by atoms with Crippen LogP contribution in [-0.2, 0) is 21.5 Å². The second-order valence-corrected chi connectivity index (χ2v) is 10.1. The summed E-state index contributed by atoms with van der Waals surface area (Å²) in [5.74, 6) is -0.366. The third-order valence-corrected chi connectivity index (χ3v) is 6.49. The average Bonchev–Trinajstić information content (AvgIpc) is 3.14. The third-order valence-electron chi connectivity index (χ3n) is 6.09. The molecule has 3 fully saturated rings. The topological polar surface area (TPSA) is 96.5 Å². The first-order chi connectivity index (χ1) is 15.6. The Bertz CT molecular complexity index is 1020. The number of piperidine rings is 1. The van der Waals surface area contributed by atoms with Gasteiger partial charge in [0.05, 0.1) is 29.9 Å². The summed E-state index contributed by atoms with van der Waals surface area (Å²) in [6.07, 6.45) is 3.01. The van der Waals surface area contributed by atoms with Crippen molar-refractivity contribution in [2.75, 3.05) is 18.5 Å². The van der Waals surface area contributed by atoms with E-state index in [4.69, 9.17) is 21.1 Å². The summed E-state index contributed by atoms with van der Waals surface area (Å²) in [5, 5.41) is 10.1. The number of aryl methyl sites for hydroxylation is 1. The fraction of sp³-hybridized carbons (Fsp3) is 0.542. The number of morpholine rings is 1. The zero-order valence-electron chi connectivity index (χ0n) is 19.5. The fourth-order valence-corrected chi connectivity index (χ4v) is 4.68. The second kappa shape index (κ2) is 8.99. The number of rotatable bonds is 5. The van der Waals surface area contributed by atoms with Crippen molar-refractivity contribution < 1.29 is 19.1 Å². The Kier molecular flexibility index (Phi) is 6.42. The molecular weight excluding hydrogens is 444 g/mol. The van der Waals surface area contributed by atoms with E-state index in [1.165, 1.54) is 0 Å². The average molecular weight is 475 g/mol. The number of ether oxygens (including phenoxy) is 2. The van der Waals surface area contributed by atoms with Gasteiger partial charge >= 0.3 is 6.09 Å². The van der Waals surface area contributed by atoms with Crippen LogP contribution in [0, 0.1) is 0 Å². The molecule has 8 nitrogen and oxygen atoms in total. The van der Waals surface area contributed by atoms with Crippen LogP contribution in [-0.4, -0.2) is 51.9 Å². The molecule has 2 N–H and O–H groups in total. The molecule has 4 heterocycles. The van der Waals surface area contributed by atoms with Gasteiger partial charge in [-0.25, -0.2) is 4.79 Å². The number of carbonyl (C=O) groups excluding carboxylic acids is 2. The highest BCUT2D eigenvalue weighted by Gasteiger charge is 2.49. The van der Waals surface area contributed by atoms with Crippen molar-refractivity contribution in [1.82, 2.24) is 15.1 Å². The fourth-order valence-electron chi connectivity index (χ4n) is 4.42. The number of hydrogen-bond donors (Lipinski definition) is 2. The summed E-state index contributed by atoms with van der Waals surface area (Å²) in [4.78, 5) is 27.2. The van der Waals surface area contributed by atoms with E-state index in [0.717, 1.165) is 36.9 Å². The monoisotopic (exact) mass is 474 g/mol. The number of anilines is 1. The molecule has 3 aliphatic rings. The van der Waals surface area contributed by atoms with Crippen molar-refractivity contribution in [3.05, 3.63) is 46.2 Å². The molecule has 2 unspecified atom stereocenters. The maximum atomic E-state index is 12.7. The van der Waals surface area contributed by atoms with Crippen LogP contribution < -0.4 is 5.32 Å². The van der Waals surface area contributed by atoms with Crippen LogP contribution >= 0.6 is 11.6 Å². The predicted octanol–water partition coefficient (Wildman–Crippen LogP) is 4.89. The molecule has 33 heavy (non-hydrogen) atoms. The maximum Gasteiger partial charge on any atom is 0.410 e. The van der Waals surface area contributed by atoms with E-state index in [9.17, 15) is 9.59 Å². The molecule has 0 spiro atoms. The minimum absolute atomic E-state index is 0.0384. The van der Waals surface area contributed by atoms with Crippen molar-refractivity contribution >= 4 is 29.3 Å². The Morgan fingerprint density at radius 1 is 1.33 bits per heavy atom. The molecule has 178 valence electrons. The van der Waals surface area contributed by atoms with E-state index in [1.54, 1.807) is 4.90 Å². The smallest absolute Gasteiger partial charge is 0.410 e. The molecule has 5 rings (SSSR count). The van der Waals surface area contributed by atoms with Gasteiger partial charge in [-0.2, -0.15) is 5.10 Å². The summed E-state index contributed by atoms with van der Waals surface area (Å²) < 4.78 is 11.8. The lowest BCUT2D eigenvalue weighted by Gasteiger charge is -2.52. The predicted molar refractivity (Wildman–Crippen MR) is 126 cm³/mol. The highest BCUT2D eigenvalue weighted by Crippen LogP contribution is 2.43. The van der Waals surface area contributed by atoms with Crippen molar-refractivity contribution in [2.24, 2.45) is 0 Å². The zero-order chi connectivity index (χ0) is 23.8. The Morgan fingerprint density at radius 3 is 2.67 bits per heavy atom. The third kappa shape index (κ3) is 4.87. The number of nitrogens with one attached hydrogen (secondary N) is 2. The maximum absolute atomic E-state index is 12.7.